The Balaban J connectivity index is 1.58. The molecule has 0 saturated carbocycles. The lowest BCUT2D eigenvalue weighted by Gasteiger charge is -2.34. The number of thiazole rings is 1. The molecule has 0 unspecified atom stereocenters. The minimum Gasteiger partial charge on any atom is -0.411 e. The van der Waals surface area contributed by atoms with Crippen molar-refractivity contribution in [2.75, 3.05) is 26.2 Å². The van der Waals surface area contributed by atoms with Crippen LogP contribution in [0.5, 0.6) is 0 Å². The van der Waals surface area contributed by atoms with Crippen LogP contribution in [0.3, 0.4) is 0 Å². The molecule has 14 heteroatoms. The minimum absolute atomic E-state index is 0.0128. The number of aromatic nitrogens is 1. The Morgan fingerprint density at radius 1 is 1.10 bits per heavy atom. The summed E-state index contributed by atoms with van der Waals surface area (Å²) in [5.41, 5.74) is 2.05. The van der Waals surface area contributed by atoms with Gasteiger partial charge in [0.15, 0.2) is 0 Å². The average molecular weight is 699 g/mol. The number of nitrogens with one attached hydrogen (secondary N) is 1. The number of oxime groups is 1. The number of nitrogens with zero attached hydrogens (tertiary/aromatic N) is 5. The Morgan fingerprint density at radius 3 is 2.46 bits per heavy atom. The van der Waals surface area contributed by atoms with Gasteiger partial charge in [0.05, 0.1) is 40.5 Å². The van der Waals surface area contributed by atoms with E-state index in [9.17, 15) is 23.1 Å². The fourth-order valence-electron chi connectivity index (χ4n) is 5.89. The molecule has 0 bridgehead atoms. The number of hydrogen-bond donors (Lipinski definition) is 3. The number of amides is 3. The molecule has 2 heterocycles. The van der Waals surface area contributed by atoms with E-state index in [-0.39, 0.29) is 42.3 Å². The van der Waals surface area contributed by atoms with Gasteiger partial charge < -0.3 is 25.4 Å². The highest BCUT2D eigenvalue weighted by Crippen LogP contribution is 2.23. The third-order valence-corrected chi connectivity index (χ3v) is 10.8. The first-order chi connectivity index (χ1) is 22.8. The molecule has 4 rings (SSSR count). The second kappa shape index (κ2) is 16.5. The smallest absolute Gasteiger partial charge is 0.321 e. The first-order valence-corrected chi connectivity index (χ1v) is 18.4. The molecule has 0 spiro atoms. The summed E-state index contributed by atoms with van der Waals surface area (Å²) in [6.45, 7) is 10.4. The number of urea groups is 1. The van der Waals surface area contributed by atoms with Crippen LogP contribution in [0.2, 0.25) is 0 Å². The van der Waals surface area contributed by atoms with Gasteiger partial charge in [-0.1, -0.05) is 75.3 Å². The van der Waals surface area contributed by atoms with Crippen LogP contribution in [-0.2, 0) is 27.8 Å². The molecule has 12 nitrogen and oxygen atoms in total. The quantitative estimate of drug-likeness (QED) is 0.116. The summed E-state index contributed by atoms with van der Waals surface area (Å²) in [5, 5.41) is 29.5. The lowest BCUT2D eigenvalue weighted by molar-refractivity contribution is -0.128. The molecule has 48 heavy (non-hydrogen) atoms. The number of benzene rings is 2. The molecule has 1 saturated heterocycles. The van der Waals surface area contributed by atoms with Crippen molar-refractivity contribution in [2.45, 2.75) is 70.7 Å². The van der Waals surface area contributed by atoms with Crippen molar-refractivity contribution in [3.8, 4) is 0 Å². The minimum atomic E-state index is -4.09. The van der Waals surface area contributed by atoms with Crippen LogP contribution < -0.4 is 5.32 Å². The van der Waals surface area contributed by atoms with E-state index in [4.69, 9.17) is 5.21 Å². The van der Waals surface area contributed by atoms with Crippen LogP contribution in [0.25, 0.3) is 0 Å². The van der Waals surface area contributed by atoms with E-state index >= 15 is 0 Å². The summed E-state index contributed by atoms with van der Waals surface area (Å²) in [6.07, 6.45) is 0.0813. The van der Waals surface area contributed by atoms with E-state index in [1.165, 1.54) is 27.8 Å². The van der Waals surface area contributed by atoms with Gasteiger partial charge in [0.2, 0.25) is 15.9 Å². The lowest BCUT2D eigenvalue weighted by atomic mass is 9.97. The molecule has 0 aliphatic carbocycles. The van der Waals surface area contributed by atoms with Crippen molar-refractivity contribution in [2.24, 2.45) is 17.0 Å². The van der Waals surface area contributed by atoms with Gasteiger partial charge in [-0.05, 0) is 48.4 Å². The Labute approximate surface area is 287 Å². The molecule has 3 aromatic rings. The number of aryl methyl sites for hydroxylation is 1. The number of carbonyl (C=O) groups is 2. The molecule has 1 aliphatic heterocycles. The van der Waals surface area contributed by atoms with E-state index in [1.54, 1.807) is 21.9 Å². The fraction of sp³-hybridized carbons (Fsp3) is 0.471. The number of hydrogen-bond acceptors (Lipinski definition) is 9. The Kier molecular flexibility index (Phi) is 12.7. The third kappa shape index (κ3) is 9.40. The number of sulfonamides is 1. The van der Waals surface area contributed by atoms with Gasteiger partial charge in [-0.25, -0.2) is 18.2 Å². The zero-order valence-corrected chi connectivity index (χ0v) is 29.7. The topological polar surface area (TPSA) is 156 Å². The summed E-state index contributed by atoms with van der Waals surface area (Å²) in [7, 11) is -4.09. The van der Waals surface area contributed by atoms with Crippen LogP contribution in [0.15, 0.2) is 70.0 Å². The summed E-state index contributed by atoms with van der Waals surface area (Å²) in [5.74, 6) is -0.726. The van der Waals surface area contributed by atoms with Crippen molar-refractivity contribution in [3.05, 3.63) is 81.8 Å². The Bertz CT molecular complexity index is 1660. The van der Waals surface area contributed by atoms with Crippen molar-refractivity contribution in [1.29, 1.82) is 0 Å². The highest BCUT2D eigenvalue weighted by Gasteiger charge is 2.40. The maximum Gasteiger partial charge on any atom is 0.321 e. The van der Waals surface area contributed by atoms with Gasteiger partial charge >= 0.3 is 6.03 Å². The predicted octanol–water partition coefficient (Wildman–Crippen LogP) is 3.96. The van der Waals surface area contributed by atoms with Crippen molar-refractivity contribution in [3.63, 3.8) is 0 Å². The molecule has 3 atom stereocenters. The van der Waals surface area contributed by atoms with E-state index in [0.29, 0.717) is 25.2 Å². The fourth-order valence-corrected chi connectivity index (χ4v) is 8.17. The summed E-state index contributed by atoms with van der Waals surface area (Å²) in [4.78, 5) is 35.3. The zero-order chi connectivity index (χ0) is 35.0. The molecule has 260 valence electrons. The van der Waals surface area contributed by atoms with Crippen molar-refractivity contribution >= 4 is 39.5 Å². The summed E-state index contributed by atoms with van der Waals surface area (Å²) >= 11 is 1.52. The normalized spacial score (nSPS) is 16.0. The van der Waals surface area contributed by atoms with Crippen LogP contribution >= 0.6 is 11.3 Å². The second-order valence-electron chi connectivity index (χ2n) is 12.8. The van der Waals surface area contributed by atoms with E-state index in [2.05, 4.69) is 15.5 Å². The van der Waals surface area contributed by atoms with E-state index < -0.39 is 34.1 Å². The highest BCUT2D eigenvalue weighted by atomic mass is 32.2. The Hall–Kier alpha value is -3.85. The molecule has 1 aliphatic rings. The van der Waals surface area contributed by atoms with Gasteiger partial charge in [-0.2, -0.15) is 4.31 Å². The molecule has 1 fully saturated rings. The van der Waals surface area contributed by atoms with Crippen molar-refractivity contribution < 1.29 is 28.3 Å². The molecule has 0 radical (unpaired) electrons. The van der Waals surface area contributed by atoms with Gasteiger partial charge in [0.25, 0.3) is 0 Å². The standard InChI is InChI=1S/C34H46N6O6S2/c1-23(2)19-39(48(45,46)29-13-9-12-27(16-29)18-35-44)21-31(41)30(17-26-10-7-6-8-11-26)37-33(42)32(24(3)4)40-15-14-38(34(40)43)20-28-22-47-25(5)36-28/h6-13,16,18,22-24,30-32,41,44H,14-15,17,19-21H2,1-5H3,(H,37,42)/b35-18-/t30-,31+,32-/m0/s1. The van der Waals surface area contributed by atoms with Crippen LogP contribution in [-0.4, -0.2) is 100 Å². The lowest BCUT2D eigenvalue weighted by Crippen LogP contribution is -2.57. The van der Waals surface area contributed by atoms with E-state index in [0.717, 1.165) is 22.5 Å². The first-order valence-electron chi connectivity index (χ1n) is 16.1. The van der Waals surface area contributed by atoms with Gasteiger partial charge in [0, 0.05) is 31.6 Å². The molecule has 3 amide bonds. The van der Waals surface area contributed by atoms with Gasteiger partial charge in [-0.15, -0.1) is 11.3 Å². The predicted molar refractivity (Wildman–Crippen MR) is 185 cm³/mol. The third-order valence-electron chi connectivity index (χ3n) is 8.14. The monoisotopic (exact) mass is 698 g/mol. The van der Waals surface area contributed by atoms with Crippen molar-refractivity contribution in [1.82, 2.24) is 24.4 Å². The zero-order valence-electron chi connectivity index (χ0n) is 28.1. The Morgan fingerprint density at radius 2 is 1.83 bits per heavy atom. The average Bonchev–Trinajstić information content (AvgIpc) is 3.61. The van der Waals surface area contributed by atoms with Crippen LogP contribution in [0.4, 0.5) is 4.79 Å². The highest BCUT2D eigenvalue weighted by molar-refractivity contribution is 7.89. The largest absolute Gasteiger partial charge is 0.411 e. The van der Waals surface area contributed by atoms with Gasteiger partial charge in [0.1, 0.15) is 6.04 Å². The first kappa shape index (κ1) is 37.0. The second-order valence-corrected chi connectivity index (χ2v) is 15.8. The van der Waals surface area contributed by atoms with Gasteiger partial charge in [-0.3, -0.25) is 4.79 Å². The molecular formula is C34H46N6O6S2. The SMILES string of the molecule is Cc1nc(CN2CCN([C@H](C(=O)N[C@@H](Cc3ccccc3)[C@H](O)CN(CC(C)C)S(=O)(=O)c3cccc(/C=N\O)c3)C(C)C)C2=O)cs1. The number of rotatable bonds is 16. The maximum atomic E-state index is 14.1. The molecule has 3 N–H and O–H groups in total. The summed E-state index contributed by atoms with van der Waals surface area (Å²) < 4.78 is 29.0. The molecular weight excluding hydrogens is 653 g/mol. The maximum absolute atomic E-state index is 14.1. The van der Waals surface area contributed by atoms with E-state index in [1.807, 2.05) is 70.3 Å². The number of carbonyl (C=O) groups excluding carboxylic acids is 2. The molecule has 2 aromatic carbocycles. The number of aliphatic hydroxyl groups is 1. The number of aliphatic hydroxyl groups excluding tert-OH is 1. The van der Waals surface area contributed by atoms with Crippen LogP contribution in [0.1, 0.15) is 49.5 Å². The summed E-state index contributed by atoms with van der Waals surface area (Å²) in [6, 6.07) is 13.4. The molecule has 1 aromatic heterocycles. The van der Waals surface area contributed by atoms with Crippen LogP contribution in [0, 0.1) is 18.8 Å².